The Morgan fingerprint density at radius 1 is 0.604 bits per heavy atom. The number of amides is 2. The average Bonchev–Trinajstić information content (AvgIpc) is 3.08. The zero-order valence-electron chi connectivity index (χ0n) is 32.2. The first kappa shape index (κ1) is 48.1. The molecule has 53 heavy (non-hydrogen) atoms. The number of nitrogens with one attached hydrogen (secondary N) is 3. The summed E-state index contributed by atoms with van der Waals surface area (Å²) in [6.45, 7) is 15.9. The van der Waals surface area contributed by atoms with Crippen LogP contribution in [0.15, 0.2) is 58.3 Å². The first-order valence-electron chi connectivity index (χ1n) is 17.9. The van der Waals surface area contributed by atoms with Crippen LogP contribution in [-0.4, -0.2) is 120 Å². The average molecular weight is 788 g/mol. The van der Waals surface area contributed by atoms with Gasteiger partial charge in [0.1, 0.15) is 0 Å². The minimum absolute atomic E-state index is 0.0352. The van der Waals surface area contributed by atoms with Gasteiger partial charge in [0.15, 0.2) is 9.84 Å². The predicted octanol–water partition coefficient (Wildman–Crippen LogP) is 3.20. The van der Waals surface area contributed by atoms with Crippen molar-refractivity contribution in [3.05, 3.63) is 59.7 Å². The molecule has 2 rings (SSSR count). The minimum atomic E-state index is -3.46. The Hall–Kier alpha value is -2.96. The lowest BCUT2D eigenvalue weighted by Gasteiger charge is -2.14. The Labute approximate surface area is 317 Å². The molecule has 2 atom stereocenters. The molecule has 0 aromatic heterocycles. The highest BCUT2D eigenvalue weighted by Crippen LogP contribution is 2.15. The quantitative estimate of drug-likeness (QED) is 0.113. The van der Waals surface area contributed by atoms with Gasteiger partial charge in [0.05, 0.1) is 68.4 Å². The van der Waals surface area contributed by atoms with Gasteiger partial charge in [-0.05, 0) is 63.8 Å². The number of rotatable bonds is 27. The van der Waals surface area contributed by atoms with Crippen molar-refractivity contribution in [3.8, 4) is 0 Å². The fraction of sp³-hybridized carbons (Fsp3) is 0.622. The number of carbonyl (C=O) groups excluding carboxylic acids is 2. The summed E-state index contributed by atoms with van der Waals surface area (Å²) in [6.07, 6.45) is 1.36. The van der Waals surface area contributed by atoms with Gasteiger partial charge in [-0.3, -0.25) is 9.59 Å². The molecule has 2 aromatic carbocycles. The van der Waals surface area contributed by atoms with Gasteiger partial charge in [0.25, 0.3) is 0 Å². The van der Waals surface area contributed by atoms with Gasteiger partial charge < -0.3 is 34.3 Å². The normalized spacial score (nSPS) is 12.7. The molecular formula is C37H61N3O11S2. The van der Waals surface area contributed by atoms with Crippen molar-refractivity contribution in [1.82, 2.24) is 15.4 Å². The van der Waals surface area contributed by atoms with E-state index in [0.717, 1.165) is 17.5 Å². The molecule has 0 aliphatic rings. The summed E-state index contributed by atoms with van der Waals surface area (Å²) < 4.78 is 78.5. The summed E-state index contributed by atoms with van der Waals surface area (Å²) in [5, 5.41) is 5.42. The third-order valence-corrected chi connectivity index (χ3v) is 10.6. The number of aryl methyl sites for hydroxylation is 2. The molecule has 0 radical (unpaired) electrons. The van der Waals surface area contributed by atoms with Gasteiger partial charge in [-0.2, -0.15) is 0 Å². The fourth-order valence-electron chi connectivity index (χ4n) is 4.48. The molecule has 0 aliphatic carbocycles. The summed E-state index contributed by atoms with van der Waals surface area (Å²) in [5.41, 5.74) is 2.05. The largest absolute Gasteiger partial charge is 0.379 e. The van der Waals surface area contributed by atoms with E-state index in [0.29, 0.717) is 90.5 Å². The molecular weight excluding hydrogens is 727 g/mol. The van der Waals surface area contributed by atoms with Crippen LogP contribution in [0.5, 0.6) is 0 Å². The maximum atomic E-state index is 12.3. The van der Waals surface area contributed by atoms with Crippen molar-refractivity contribution >= 4 is 31.7 Å². The molecule has 0 saturated carbocycles. The van der Waals surface area contributed by atoms with E-state index in [2.05, 4.69) is 15.4 Å². The molecule has 0 spiro atoms. The number of hydrogen-bond acceptors (Lipinski definition) is 11. The highest BCUT2D eigenvalue weighted by atomic mass is 32.2. The van der Waals surface area contributed by atoms with Crippen molar-refractivity contribution < 1.29 is 50.1 Å². The summed E-state index contributed by atoms with van der Waals surface area (Å²) in [6, 6.07) is 13.6. The maximum Gasteiger partial charge on any atom is 0.240 e. The van der Waals surface area contributed by atoms with Gasteiger partial charge in [-0.1, -0.05) is 42.3 Å². The zero-order valence-corrected chi connectivity index (χ0v) is 33.8. The van der Waals surface area contributed by atoms with Crippen molar-refractivity contribution in [2.75, 3.05) is 84.9 Å². The van der Waals surface area contributed by atoms with Crippen LogP contribution in [0.2, 0.25) is 0 Å². The van der Waals surface area contributed by atoms with Crippen LogP contribution in [0.1, 0.15) is 51.7 Å². The summed E-state index contributed by atoms with van der Waals surface area (Å²) in [4.78, 5) is 22.1. The lowest BCUT2D eigenvalue weighted by Crippen LogP contribution is -2.34. The highest BCUT2D eigenvalue weighted by Gasteiger charge is 2.18. The molecule has 0 aliphatic heterocycles. The Bertz CT molecular complexity index is 1510. The molecule has 2 aromatic rings. The molecule has 2 amide bonds. The van der Waals surface area contributed by atoms with Gasteiger partial charge in [-0.25, -0.2) is 21.6 Å². The van der Waals surface area contributed by atoms with Gasteiger partial charge in [-0.15, -0.1) is 0 Å². The monoisotopic (exact) mass is 787 g/mol. The Morgan fingerprint density at radius 2 is 1.06 bits per heavy atom. The van der Waals surface area contributed by atoms with Gasteiger partial charge in [0, 0.05) is 46.2 Å². The van der Waals surface area contributed by atoms with Crippen LogP contribution in [0.25, 0.3) is 0 Å². The Morgan fingerprint density at radius 3 is 1.57 bits per heavy atom. The van der Waals surface area contributed by atoms with Crippen LogP contribution < -0.4 is 15.4 Å². The molecule has 3 N–H and O–H groups in total. The van der Waals surface area contributed by atoms with Gasteiger partial charge >= 0.3 is 0 Å². The van der Waals surface area contributed by atoms with Crippen LogP contribution in [0.4, 0.5) is 0 Å². The number of carbonyl (C=O) groups is 2. The number of ether oxygens (including phenoxy) is 5. The first-order chi connectivity index (χ1) is 25.1. The smallest absolute Gasteiger partial charge is 0.240 e. The number of sulfone groups is 1. The fourth-order valence-corrected chi connectivity index (χ4v) is 7.14. The van der Waals surface area contributed by atoms with E-state index < -0.39 is 19.9 Å². The first-order valence-corrected chi connectivity index (χ1v) is 21.0. The summed E-state index contributed by atoms with van der Waals surface area (Å²) in [5.74, 6) is -0.177. The lowest BCUT2D eigenvalue weighted by atomic mass is 10.2. The van der Waals surface area contributed by atoms with Gasteiger partial charge in [0.2, 0.25) is 21.8 Å². The minimum Gasteiger partial charge on any atom is -0.379 e. The maximum absolute atomic E-state index is 12.3. The number of hydrogen-bond donors (Lipinski definition) is 3. The number of sulfonamides is 1. The van der Waals surface area contributed by atoms with Crippen LogP contribution >= 0.6 is 0 Å². The highest BCUT2D eigenvalue weighted by molar-refractivity contribution is 7.91. The topological polar surface area (TPSA) is 185 Å². The van der Waals surface area contributed by atoms with Crippen molar-refractivity contribution in [2.45, 2.75) is 70.2 Å². The van der Waals surface area contributed by atoms with E-state index in [-0.39, 0.29) is 34.4 Å². The van der Waals surface area contributed by atoms with Crippen molar-refractivity contribution in [2.24, 2.45) is 5.92 Å². The van der Waals surface area contributed by atoms with E-state index >= 15 is 0 Å². The third kappa shape index (κ3) is 24.9. The molecule has 0 fully saturated rings. The molecule has 0 heterocycles. The molecule has 16 heteroatoms. The van der Waals surface area contributed by atoms with Crippen molar-refractivity contribution in [1.29, 1.82) is 0 Å². The Kier molecular flexibility index (Phi) is 25.0. The van der Waals surface area contributed by atoms with Crippen LogP contribution in [0, 0.1) is 19.8 Å². The molecule has 2 unspecified atom stereocenters. The second-order valence-electron chi connectivity index (χ2n) is 12.7. The summed E-state index contributed by atoms with van der Waals surface area (Å²) >= 11 is 0. The SMILES string of the molecule is CC(=O)NC(C)COCCOCC(C)CS(=O)(=O)c1ccc(C)cc1.CC(=O)NCCCOCCOCCOCCCNS(=O)(=O)c1ccc(C)cc1. The van der Waals surface area contributed by atoms with E-state index in [1.54, 1.807) is 48.5 Å². The second-order valence-corrected chi connectivity index (χ2v) is 16.5. The summed E-state index contributed by atoms with van der Waals surface area (Å²) in [7, 11) is -6.76. The van der Waals surface area contributed by atoms with E-state index in [1.165, 1.54) is 13.8 Å². The van der Waals surface area contributed by atoms with E-state index in [9.17, 15) is 26.4 Å². The third-order valence-electron chi connectivity index (χ3n) is 7.15. The predicted molar refractivity (Wildman–Crippen MR) is 204 cm³/mol. The van der Waals surface area contributed by atoms with Crippen LogP contribution in [0.3, 0.4) is 0 Å². The van der Waals surface area contributed by atoms with E-state index in [1.807, 2.05) is 27.7 Å². The molecule has 0 saturated heterocycles. The molecule has 0 bridgehead atoms. The Balaban J connectivity index is 0.000000533. The molecule has 14 nitrogen and oxygen atoms in total. The lowest BCUT2D eigenvalue weighted by molar-refractivity contribution is -0.120. The number of benzene rings is 2. The van der Waals surface area contributed by atoms with Crippen LogP contribution in [-0.2, 0) is 53.1 Å². The standard InChI is InChI=1S/C19H32N2O6S.C18H29NO5S/c1-17-5-7-19(8-6-17)28(23,24)21-10-4-12-26-14-16-27-15-13-25-11-3-9-20-18(2)22;1-14-5-7-18(8-6-14)25(21,22)13-15(2)11-23-9-10-24-12-16(3)19-17(4)20/h5-8,21H,3-4,9-16H2,1-2H3,(H,20,22);5-8,15-16H,9-13H2,1-4H3,(H,19,20). The van der Waals surface area contributed by atoms with Crippen molar-refractivity contribution in [3.63, 3.8) is 0 Å². The second kappa shape index (κ2) is 27.6. The zero-order chi connectivity index (χ0) is 39.5. The van der Waals surface area contributed by atoms with E-state index in [4.69, 9.17) is 23.7 Å². The molecule has 302 valence electrons.